The highest BCUT2D eigenvalue weighted by Crippen LogP contribution is 2.47. The average molecular weight is 300 g/mol. The van der Waals surface area contributed by atoms with Gasteiger partial charge in [0, 0.05) is 25.8 Å². The standard InChI is InChI=1S/C13H20N2O4S/c1-8(12(18)19)6-14(3)11(17)9-7-20-13(2)5-4-10(16)15(9)13/h8-9H,4-7H2,1-3H3,(H,18,19). The van der Waals surface area contributed by atoms with Gasteiger partial charge in [-0.05, 0) is 13.3 Å². The van der Waals surface area contributed by atoms with Crippen molar-refractivity contribution in [3.8, 4) is 0 Å². The molecule has 7 heteroatoms. The summed E-state index contributed by atoms with van der Waals surface area (Å²) in [6, 6.07) is -0.453. The Kier molecular flexibility index (Phi) is 4.00. The third-order valence-electron chi connectivity index (χ3n) is 4.08. The predicted octanol–water partition coefficient (Wildman–Crippen LogP) is 0.620. The van der Waals surface area contributed by atoms with Crippen LogP contribution in [-0.4, -0.2) is 62.9 Å². The van der Waals surface area contributed by atoms with Gasteiger partial charge in [0.1, 0.15) is 6.04 Å². The van der Waals surface area contributed by atoms with Gasteiger partial charge in [-0.1, -0.05) is 6.92 Å². The zero-order valence-corrected chi connectivity index (χ0v) is 12.8. The van der Waals surface area contributed by atoms with Gasteiger partial charge < -0.3 is 14.9 Å². The van der Waals surface area contributed by atoms with E-state index in [0.717, 1.165) is 6.42 Å². The summed E-state index contributed by atoms with van der Waals surface area (Å²) in [6.07, 6.45) is 1.26. The summed E-state index contributed by atoms with van der Waals surface area (Å²) in [7, 11) is 1.60. The van der Waals surface area contributed by atoms with Crippen molar-refractivity contribution >= 4 is 29.5 Å². The fraction of sp³-hybridized carbons (Fsp3) is 0.769. The Bertz CT molecular complexity index is 456. The number of amides is 2. The van der Waals surface area contributed by atoms with Crippen molar-refractivity contribution in [1.29, 1.82) is 0 Å². The lowest BCUT2D eigenvalue weighted by atomic mass is 10.1. The molecule has 3 unspecified atom stereocenters. The molecule has 0 spiro atoms. The molecule has 6 nitrogen and oxygen atoms in total. The zero-order valence-electron chi connectivity index (χ0n) is 12.0. The Morgan fingerprint density at radius 3 is 2.85 bits per heavy atom. The average Bonchev–Trinajstić information content (AvgIpc) is 2.86. The highest BCUT2D eigenvalue weighted by Gasteiger charge is 2.53. The molecule has 2 rings (SSSR count). The number of carboxylic acids is 1. The summed E-state index contributed by atoms with van der Waals surface area (Å²) in [4.78, 5) is 38.2. The predicted molar refractivity (Wildman–Crippen MR) is 75.2 cm³/mol. The molecule has 2 aliphatic heterocycles. The van der Waals surface area contributed by atoms with Crippen molar-refractivity contribution in [3.63, 3.8) is 0 Å². The van der Waals surface area contributed by atoms with Gasteiger partial charge in [-0.2, -0.15) is 0 Å². The fourth-order valence-electron chi connectivity index (χ4n) is 2.84. The van der Waals surface area contributed by atoms with E-state index in [4.69, 9.17) is 5.11 Å². The molecule has 0 aromatic rings. The van der Waals surface area contributed by atoms with Crippen LogP contribution in [0.25, 0.3) is 0 Å². The Balaban J connectivity index is 2.06. The molecular formula is C13H20N2O4S. The Morgan fingerprint density at radius 1 is 1.60 bits per heavy atom. The van der Waals surface area contributed by atoms with E-state index in [1.54, 1.807) is 30.6 Å². The highest BCUT2D eigenvalue weighted by molar-refractivity contribution is 8.01. The van der Waals surface area contributed by atoms with Gasteiger partial charge in [-0.15, -0.1) is 11.8 Å². The molecule has 0 saturated carbocycles. The van der Waals surface area contributed by atoms with E-state index >= 15 is 0 Å². The number of hydrogen-bond acceptors (Lipinski definition) is 4. The van der Waals surface area contributed by atoms with Crippen molar-refractivity contribution in [3.05, 3.63) is 0 Å². The van der Waals surface area contributed by atoms with Gasteiger partial charge in [-0.25, -0.2) is 0 Å². The minimum Gasteiger partial charge on any atom is -0.481 e. The third kappa shape index (κ3) is 2.51. The van der Waals surface area contributed by atoms with Crippen LogP contribution < -0.4 is 0 Å². The molecule has 0 aromatic carbocycles. The van der Waals surface area contributed by atoms with Crippen LogP contribution in [0.2, 0.25) is 0 Å². The summed E-state index contributed by atoms with van der Waals surface area (Å²) in [6.45, 7) is 3.73. The van der Waals surface area contributed by atoms with E-state index in [1.165, 1.54) is 4.90 Å². The van der Waals surface area contributed by atoms with Crippen LogP contribution in [0.4, 0.5) is 0 Å². The monoisotopic (exact) mass is 300 g/mol. The summed E-state index contributed by atoms with van der Waals surface area (Å²) in [5, 5.41) is 8.90. The zero-order chi connectivity index (χ0) is 15.1. The van der Waals surface area contributed by atoms with Crippen LogP contribution in [0.5, 0.6) is 0 Å². The number of carbonyl (C=O) groups excluding carboxylic acids is 2. The van der Waals surface area contributed by atoms with Gasteiger partial charge in [0.15, 0.2) is 0 Å². The number of thioether (sulfide) groups is 1. The first-order valence-electron chi connectivity index (χ1n) is 6.70. The number of likely N-dealkylation sites (N-methyl/N-ethyl adjacent to an activating group) is 1. The van der Waals surface area contributed by atoms with E-state index in [-0.39, 0.29) is 23.2 Å². The number of rotatable bonds is 4. The van der Waals surface area contributed by atoms with Crippen molar-refractivity contribution in [2.75, 3.05) is 19.3 Å². The van der Waals surface area contributed by atoms with E-state index in [0.29, 0.717) is 12.2 Å². The topological polar surface area (TPSA) is 77.9 Å². The lowest BCUT2D eigenvalue weighted by Crippen LogP contribution is -2.51. The summed E-state index contributed by atoms with van der Waals surface area (Å²) in [5.74, 6) is -1.08. The number of nitrogens with zero attached hydrogens (tertiary/aromatic N) is 2. The molecule has 0 radical (unpaired) electrons. The normalized spacial score (nSPS) is 30.2. The molecule has 3 atom stereocenters. The smallest absolute Gasteiger partial charge is 0.308 e. The van der Waals surface area contributed by atoms with E-state index in [9.17, 15) is 14.4 Å². The van der Waals surface area contributed by atoms with Crippen LogP contribution in [-0.2, 0) is 14.4 Å². The molecule has 112 valence electrons. The molecular weight excluding hydrogens is 280 g/mol. The van der Waals surface area contributed by atoms with Crippen molar-refractivity contribution in [2.45, 2.75) is 37.6 Å². The SMILES string of the molecule is CC(CN(C)C(=O)C1CSC2(C)CCC(=O)N12)C(=O)O. The van der Waals surface area contributed by atoms with Crippen molar-refractivity contribution < 1.29 is 19.5 Å². The Labute approximate surface area is 122 Å². The lowest BCUT2D eigenvalue weighted by Gasteiger charge is -2.32. The van der Waals surface area contributed by atoms with Crippen LogP contribution in [0.1, 0.15) is 26.7 Å². The first-order valence-corrected chi connectivity index (χ1v) is 7.69. The number of fused-ring (bicyclic) bond motifs is 1. The maximum Gasteiger partial charge on any atom is 0.308 e. The van der Waals surface area contributed by atoms with E-state index in [2.05, 4.69) is 0 Å². The van der Waals surface area contributed by atoms with Gasteiger partial charge >= 0.3 is 5.97 Å². The molecule has 0 aliphatic carbocycles. The first kappa shape index (κ1) is 15.2. The second-order valence-corrected chi connectivity index (χ2v) is 7.23. The van der Waals surface area contributed by atoms with Crippen LogP contribution in [0.3, 0.4) is 0 Å². The number of hydrogen-bond donors (Lipinski definition) is 1. The molecule has 2 heterocycles. The largest absolute Gasteiger partial charge is 0.481 e. The van der Waals surface area contributed by atoms with Gasteiger partial charge in [-0.3, -0.25) is 14.4 Å². The minimum absolute atomic E-state index is 0.0236. The number of carbonyl (C=O) groups is 3. The second-order valence-electron chi connectivity index (χ2n) is 5.72. The third-order valence-corrected chi connectivity index (χ3v) is 5.58. The molecule has 2 saturated heterocycles. The molecule has 2 amide bonds. The van der Waals surface area contributed by atoms with Crippen molar-refractivity contribution in [1.82, 2.24) is 9.80 Å². The van der Waals surface area contributed by atoms with Crippen LogP contribution in [0.15, 0.2) is 0 Å². The van der Waals surface area contributed by atoms with Gasteiger partial charge in [0.2, 0.25) is 11.8 Å². The molecule has 0 aromatic heterocycles. The summed E-state index contributed by atoms with van der Waals surface area (Å²) < 4.78 is 0. The van der Waals surface area contributed by atoms with E-state index < -0.39 is 17.9 Å². The summed E-state index contributed by atoms with van der Waals surface area (Å²) in [5.41, 5.74) is 0. The maximum absolute atomic E-state index is 12.5. The van der Waals surface area contributed by atoms with Crippen LogP contribution >= 0.6 is 11.8 Å². The quantitative estimate of drug-likeness (QED) is 0.823. The fourth-order valence-corrected chi connectivity index (χ4v) is 4.26. The van der Waals surface area contributed by atoms with Crippen LogP contribution in [0, 0.1) is 5.92 Å². The second kappa shape index (κ2) is 5.27. The molecule has 2 fully saturated rings. The first-order chi connectivity index (χ1) is 9.26. The number of aliphatic carboxylic acids is 1. The highest BCUT2D eigenvalue weighted by atomic mass is 32.2. The Morgan fingerprint density at radius 2 is 2.25 bits per heavy atom. The molecule has 2 aliphatic rings. The molecule has 1 N–H and O–H groups in total. The lowest BCUT2D eigenvalue weighted by molar-refractivity contribution is -0.146. The molecule has 20 heavy (non-hydrogen) atoms. The summed E-state index contributed by atoms with van der Waals surface area (Å²) >= 11 is 1.64. The molecule has 0 bridgehead atoms. The maximum atomic E-state index is 12.5. The number of carboxylic acid groups (broad SMARTS) is 1. The Hall–Kier alpha value is -1.24. The minimum atomic E-state index is -0.924. The van der Waals surface area contributed by atoms with E-state index in [1.807, 2.05) is 6.92 Å². The van der Waals surface area contributed by atoms with Crippen molar-refractivity contribution in [2.24, 2.45) is 5.92 Å². The van der Waals surface area contributed by atoms with Gasteiger partial charge in [0.25, 0.3) is 0 Å². The van der Waals surface area contributed by atoms with Gasteiger partial charge in [0.05, 0.1) is 10.8 Å².